The highest BCUT2D eigenvalue weighted by atomic mass is 127. The van der Waals surface area contributed by atoms with Crippen LogP contribution in [0.15, 0.2) is 29.3 Å². The Kier molecular flexibility index (Phi) is 10.2. The second kappa shape index (κ2) is 11.8. The molecule has 3 N–H and O–H groups in total. The number of benzene rings is 1. The number of aromatic amines is 1. The van der Waals surface area contributed by atoms with Gasteiger partial charge in [-0.25, -0.2) is 4.99 Å². The summed E-state index contributed by atoms with van der Waals surface area (Å²) in [5.74, 6) is 0.695. The van der Waals surface area contributed by atoms with Gasteiger partial charge in [-0.1, -0.05) is 31.5 Å². The zero-order chi connectivity index (χ0) is 18.9. The smallest absolute Gasteiger partial charge is 0.243 e. The molecule has 0 radical (unpaired) electrons. The van der Waals surface area contributed by atoms with Crippen molar-refractivity contribution in [2.75, 3.05) is 33.7 Å². The monoisotopic (exact) mass is 485 g/mol. The van der Waals surface area contributed by atoms with E-state index in [1.54, 1.807) is 19.0 Å². The van der Waals surface area contributed by atoms with Crippen molar-refractivity contribution < 1.29 is 4.79 Å². The summed E-state index contributed by atoms with van der Waals surface area (Å²) in [7, 11) is 3.49. The minimum atomic E-state index is -0.00550. The minimum Gasteiger partial charge on any atom is -0.358 e. The van der Waals surface area contributed by atoms with Crippen molar-refractivity contribution in [3.8, 4) is 0 Å². The molecule has 0 unspecified atom stereocenters. The molecule has 6 nitrogen and oxygen atoms in total. The normalized spacial score (nSPS) is 11.2. The van der Waals surface area contributed by atoms with Crippen molar-refractivity contribution >= 4 is 46.7 Å². The van der Waals surface area contributed by atoms with E-state index in [9.17, 15) is 4.79 Å². The third-order valence-corrected chi connectivity index (χ3v) is 4.39. The molecule has 0 bridgehead atoms. The first-order chi connectivity index (χ1) is 12.5. The van der Waals surface area contributed by atoms with Crippen molar-refractivity contribution in [3.05, 3.63) is 35.5 Å². The number of guanidine groups is 1. The fourth-order valence-electron chi connectivity index (χ4n) is 2.81. The van der Waals surface area contributed by atoms with Gasteiger partial charge in [0.2, 0.25) is 5.91 Å². The van der Waals surface area contributed by atoms with Gasteiger partial charge in [0, 0.05) is 43.8 Å². The summed E-state index contributed by atoms with van der Waals surface area (Å²) in [6.07, 6.45) is 3.08. The van der Waals surface area contributed by atoms with Crippen LogP contribution in [-0.2, 0) is 11.2 Å². The lowest BCUT2D eigenvalue weighted by atomic mass is 10.1. The van der Waals surface area contributed by atoms with E-state index in [2.05, 4.69) is 52.7 Å². The lowest BCUT2D eigenvalue weighted by molar-refractivity contribution is -0.127. The molecule has 1 amide bonds. The van der Waals surface area contributed by atoms with Gasteiger partial charge in [0.1, 0.15) is 6.54 Å². The van der Waals surface area contributed by atoms with Gasteiger partial charge in [-0.3, -0.25) is 4.79 Å². The van der Waals surface area contributed by atoms with Crippen LogP contribution in [-0.4, -0.2) is 55.5 Å². The van der Waals surface area contributed by atoms with E-state index >= 15 is 0 Å². The molecule has 0 saturated heterocycles. The molecule has 0 aliphatic rings. The SMILES string of the molecule is CCCCNC(=NCC(=O)N(C)C)NCCc1c(C)[nH]c2ccccc12.I. The van der Waals surface area contributed by atoms with E-state index in [4.69, 9.17) is 0 Å². The predicted octanol–water partition coefficient (Wildman–Crippen LogP) is 3.06. The standard InChI is InChI=1S/C20H31N5O.HI/c1-5-6-12-21-20(23-14-19(26)25(3)4)22-13-11-16-15(2)24-18-10-8-7-9-17(16)18;/h7-10,24H,5-6,11-14H2,1-4H3,(H2,21,22,23);1H. The molecule has 0 spiro atoms. The maximum absolute atomic E-state index is 11.8. The maximum Gasteiger partial charge on any atom is 0.243 e. The van der Waals surface area contributed by atoms with Crippen LogP contribution in [0.2, 0.25) is 0 Å². The number of fused-ring (bicyclic) bond motifs is 1. The third kappa shape index (κ3) is 7.04. The van der Waals surface area contributed by atoms with E-state index in [-0.39, 0.29) is 36.4 Å². The summed E-state index contributed by atoms with van der Waals surface area (Å²) in [6.45, 7) is 6.03. The molecule has 27 heavy (non-hydrogen) atoms. The topological polar surface area (TPSA) is 72.5 Å². The van der Waals surface area contributed by atoms with Crippen LogP contribution in [0.4, 0.5) is 0 Å². The first-order valence-electron chi connectivity index (χ1n) is 9.31. The molecule has 1 heterocycles. The molecule has 150 valence electrons. The molecule has 0 aliphatic heterocycles. The van der Waals surface area contributed by atoms with Crippen LogP contribution in [0.3, 0.4) is 0 Å². The van der Waals surface area contributed by atoms with Crippen LogP contribution in [0.5, 0.6) is 0 Å². The number of aryl methyl sites for hydroxylation is 1. The van der Waals surface area contributed by atoms with Gasteiger partial charge >= 0.3 is 0 Å². The Morgan fingerprint density at radius 2 is 1.89 bits per heavy atom. The second-order valence-electron chi connectivity index (χ2n) is 6.68. The zero-order valence-corrected chi connectivity index (χ0v) is 19.1. The number of hydrogen-bond donors (Lipinski definition) is 3. The number of hydrogen-bond acceptors (Lipinski definition) is 2. The molecule has 0 atom stereocenters. The summed E-state index contributed by atoms with van der Waals surface area (Å²) in [5, 5.41) is 7.93. The molecule has 1 aromatic heterocycles. The number of H-pyrrole nitrogens is 1. The summed E-state index contributed by atoms with van der Waals surface area (Å²) in [4.78, 5) is 21.2. The Bertz CT molecular complexity index is 754. The van der Waals surface area contributed by atoms with Gasteiger partial charge < -0.3 is 20.5 Å². The Labute approximate surface area is 179 Å². The van der Waals surface area contributed by atoms with Gasteiger partial charge in [0.25, 0.3) is 0 Å². The number of para-hydroxylation sites is 1. The summed E-state index contributed by atoms with van der Waals surface area (Å²) in [5.41, 5.74) is 3.70. The minimum absolute atomic E-state index is 0. The molecule has 0 fully saturated rings. The molecular formula is C20H32IN5O. The van der Waals surface area contributed by atoms with E-state index in [1.807, 2.05) is 6.07 Å². The quantitative estimate of drug-likeness (QED) is 0.233. The number of amides is 1. The Morgan fingerprint density at radius 3 is 2.59 bits per heavy atom. The predicted molar refractivity (Wildman–Crippen MR) is 124 cm³/mol. The van der Waals surface area contributed by atoms with Crippen molar-refractivity contribution in [3.63, 3.8) is 0 Å². The number of rotatable bonds is 8. The van der Waals surface area contributed by atoms with Crippen molar-refractivity contribution in [1.29, 1.82) is 0 Å². The van der Waals surface area contributed by atoms with Gasteiger partial charge in [0.15, 0.2) is 5.96 Å². The third-order valence-electron chi connectivity index (χ3n) is 4.39. The second-order valence-corrected chi connectivity index (χ2v) is 6.68. The van der Waals surface area contributed by atoms with Crippen molar-refractivity contribution in [2.24, 2.45) is 4.99 Å². The summed E-state index contributed by atoms with van der Waals surface area (Å²) >= 11 is 0. The number of aliphatic imine (C=N–C) groups is 1. The molecule has 0 aliphatic carbocycles. The van der Waals surface area contributed by atoms with Gasteiger partial charge in [0.05, 0.1) is 0 Å². The van der Waals surface area contributed by atoms with Crippen LogP contribution < -0.4 is 10.6 Å². The van der Waals surface area contributed by atoms with Crippen molar-refractivity contribution in [2.45, 2.75) is 33.1 Å². The first-order valence-corrected chi connectivity index (χ1v) is 9.31. The Morgan fingerprint density at radius 1 is 1.19 bits per heavy atom. The molecule has 7 heteroatoms. The van der Waals surface area contributed by atoms with Gasteiger partial charge in [-0.15, -0.1) is 24.0 Å². The van der Waals surface area contributed by atoms with E-state index < -0.39 is 0 Å². The number of halogens is 1. The number of likely N-dealkylation sites (N-methyl/N-ethyl adjacent to an activating group) is 1. The van der Waals surface area contributed by atoms with Crippen LogP contribution in [0.25, 0.3) is 10.9 Å². The maximum atomic E-state index is 11.8. The average Bonchev–Trinajstić information content (AvgIpc) is 2.94. The number of unbranched alkanes of at least 4 members (excludes halogenated alkanes) is 1. The molecule has 2 aromatic rings. The summed E-state index contributed by atoms with van der Waals surface area (Å²) < 4.78 is 0. The number of carbonyl (C=O) groups is 1. The van der Waals surface area contributed by atoms with Gasteiger partial charge in [-0.2, -0.15) is 0 Å². The fraction of sp³-hybridized carbons (Fsp3) is 0.500. The van der Waals surface area contributed by atoms with Crippen LogP contribution in [0, 0.1) is 6.92 Å². The number of nitrogens with zero attached hydrogens (tertiary/aromatic N) is 2. The summed E-state index contributed by atoms with van der Waals surface area (Å²) in [6, 6.07) is 8.37. The largest absolute Gasteiger partial charge is 0.358 e. The molecule has 0 saturated carbocycles. The van der Waals surface area contributed by atoms with Crippen LogP contribution in [0.1, 0.15) is 31.0 Å². The lowest BCUT2D eigenvalue weighted by Crippen LogP contribution is -2.40. The van der Waals surface area contributed by atoms with E-state index in [0.717, 1.165) is 32.4 Å². The average molecular weight is 485 g/mol. The Balaban J connectivity index is 0.00000364. The highest BCUT2D eigenvalue weighted by Gasteiger charge is 2.08. The van der Waals surface area contributed by atoms with Crippen molar-refractivity contribution in [1.82, 2.24) is 20.5 Å². The fourth-order valence-corrected chi connectivity index (χ4v) is 2.81. The Hall–Kier alpha value is -1.77. The number of aromatic nitrogens is 1. The zero-order valence-electron chi connectivity index (χ0n) is 16.8. The highest BCUT2D eigenvalue weighted by molar-refractivity contribution is 14.0. The highest BCUT2D eigenvalue weighted by Crippen LogP contribution is 2.21. The molecular weight excluding hydrogens is 453 g/mol. The molecule has 2 rings (SSSR count). The van der Waals surface area contributed by atoms with E-state index in [0.29, 0.717) is 5.96 Å². The van der Waals surface area contributed by atoms with Crippen LogP contribution >= 0.6 is 24.0 Å². The number of nitrogens with one attached hydrogen (secondary N) is 3. The molecule has 1 aromatic carbocycles. The van der Waals surface area contributed by atoms with Gasteiger partial charge in [-0.05, 0) is 31.4 Å². The first kappa shape index (κ1) is 23.3. The van der Waals surface area contributed by atoms with E-state index in [1.165, 1.54) is 22.2 Å². The lowest BCUT2D eigenvalue weighted by Gasteiger charge is -2.13. The number of carbonyl (C=O) groups excluding carboxylic acids is 1.